The van der Waals surface area contributed by atoms with E-state index in [1.54, 1.807) is 43.5 Å². The summed E-state index contributed by atoms with van der Waals surface area (Å²) in [7, 11) is 1.57. The number of ether oxygens (including phenoxy) is 3. The number of phenolic OH excluding ortho intramolecular Hbond substituents is 1. The van der Waals surface area contributed by atoms with Crippen LogP contribution in [0.25, 0.3) is 11.3 Å². The topological polar surface area (TPSA) is 76.6 Å². The molecule has 0 amide bonds. The molecule has 0 saturated heterocycles. The summed E-state index contributed by atoms with van der Waals surface area (Å²) in [6.07, 6.45) is 1.54. The lowest BCUT2D eigenvalue weighted by Gasteiger charge is -2.12. The smallest absolute Gasteiger partial charge is 0.173 e. The third kappa shape index (κ3) is 4.71. The van der Waals surface area contributed by atoms with Crippen molar-refractivity contribution in [2.24, 2.45) is 0 Å². The van der Waals surface area contributed by atoms with E-state index < -0.39 is 0 Å². The second-order valence-corrected chi connectivity index (χ2v) is 7.39. The number of aromatic nitrogens is 2. The fourth-order valence-electron chi connectivity index (χ4n) is 2.98. The highest BCUT2D eigenvalue weighted by atomic mass is 35.5. The molecule has 6 nitrogen and oxygen atoms in total. The second kappa shape index (κ2) is 9.20. The third-order valence-corrected chi connectivity index (χ3v) is 5.26. The molecular weight excluding hydrogens is 439 g/mol. The summed E-state index contributed by atoms with van der Waals surface area (Å²) >= 11 is 12.0. The van der Waals surface area contributed by atoms with Crippen molar-refractivity contribution in [3.8, 4) is 40.0 Å². The number of methoxy groups -OCH3 is 1. The number of phenols is 1. The van der Waals surface area contributed by atoms with E-state index >= 15 is 0 Å². The van der Waals surface area contributed by atoms with Crippen LogP contribution in [0.1, 0.15) is 5.56 Å². The molecule has 0 atom stereocenters. The molecule has 8 heteroatoms. The number of benzene rings is 3. The summed E-state index contributed by atoms with van der Waals surface area (Å²) in [5.41, 5.74) is 1.91. The molecule has 0 bridgehead atoms. The monoisotopic (exact) mass is 456 g/mol. The lowest BCUT2D eigenvalue weighted by atomic mass is 10.1. The average Bonchev–Trinajstić information content (AvgIpc) is 3.23. The van der Waals surface area contributed by atoms with E-state index in [0.29, 0.717) is 44.3 Å². The zero-order valence-corrected chi connectivity index (χ0v) is 17.9. The van der Waals surface area contributed by atoms with Crippen molar-refractivity contribution < 1.29 is 19.3 Å². The molecular formula is C23H18Cl2N2O4. The number of aromatic amines is 1. The number of rotatable bonds is 7. The fourth-order valence-corrected chi connectivity index (χ4v) is 3.30. The van der Waals surface area contributed by atoms with Gasteiger partial charge >= 0.3 is 0 Å². The molecule has 158 valence electrons. The average molecular weight is 457 g/mol. The Morgan fingerprint density at radius 1 is 0.935 bits per heavy atom. The van der Waals surface area contributed by atoms with E-state index in [0.717, 1.165) is 5.56 Å². The van der Waals surface area contributed by atoms with Gasteiger partial charge in [-0.1, -0.05) is 41.4 Å². The maximum Gasteiger partial charge on any atom is 0.173 e. The van der Waals surface area contributed by atoms with Crippen LogP contribution in [-0.4, -0.2) is 22.4 Å². The van der Waals surface area contributed by atoms with E-state index in [2.05, 4.69) is 10.2 Å². The third-order valence-electron chi connectivity index (χ3n) is 4.52. The maximum absolute atomic E-state index is 10.6. The second-order valence-electron chi connectivity index (χ2n) is 6.58. The van der Waals surface area contributed by atoms with Gasteiger partial charge in [0.05, 0.1) is 23.4 Å². The molecule has 0 radical (unpaired) electrons. The van der Waals surface area contributed by atoms with Crippen LogP contribution in [0.3, 0.4) is 0 Å². The van der Waals surface area contributed by atoms with Crippen molar-refractivity contribution >= 4 is 23.2 Å². The molecule has 0 saturated carbocycles. The Morgan fingerprint density at radius 3 is 2.48 bits per heavy atom. The molecule has 3 aromatic carbocycles. The summed E-state index contributed by atoms with van der Waals surface area (Å²) in [4.78, 5) is 0. The Bertz CT molecular complexity index is 1210. The predicted molar refractivity (Wildman–Crippen MR) is 120 cm³/mol. The quantitative estimate of drug-likeness (QED) is 0.333. The highest BCUT2D eigenvalue weighted by Crippen LogP contribution is 2.40. The molecule has 1 heterocycles. The molecule has 0 aliphatic rings. The number of H-pyrrole nitrogens is 1. The van der Waals surface area contributed by atoms with Gasteiger partial charge in [0.2, 0.25) is 0 Å². The Morgan fingerprint density at radius 2 is 1.74 bits per heavy atom. The Balaban J connectivity index is 1.52. The van der Waals surface area contributed by atoms with Gasteiger partial charge in [0.15, 0.2) is 17.2 Å². The van der Waals surface area contributed by atoms with Gasteiger partial charge in [-0.2, -0.15) is 5.10 Å². The number of nitrogens with zero attached hydrogens (tertiary/aromatic N) is 1. The lowest BCUT2D eigenvalue weighted by Crippen LogP contribution is -1.96. The van der Waals surface area contributed by atoms with Crippen molar-refractivity contribution in [1.29, 1.82) is 0 Å². The predicted octanol–water partition coefficient (Wildman–Crippen LogP) is 6.47. The summed E-state index contributed by atoms with van der Waals surface area (Å²) in [6, 6.07) is 17.6. The van der Waals surface area contributed by atoms with Gasteiger partial charge in [0.25, 0.3) is 0 Å². The van der Waals surface area contributed by atoms with Crippen LogP contribution >= 0.6 is 23.2 Å². The number of hydrogen-bond donors (Lipinski definition) is 2. The van der Waals surface area contributed by atoms with Gasteiger partial charge in [0, 0.05) is 11.6 Å². The highest BCUT2D eigenvalue weighted by molar-refractivity contribution is 6.42. The minimum atomic E-state index is 0.0146. The van der Waals surface area contributed by atoms with Crippen LogP contribution in [-0.2, 0) is 6.61 Å². The van der Waals surface area contributed by atoms with E-state index in [-0.39, 0.29) is 12.4 Å². The minimum Gasteiger partial charge on any atom is -0.507 e. The zero-order chi connectivity index (χ0) is 21.8. The molecule has 0 aliphatic heterocycles. The van der Waals surface area contributed by atoms with Crippen LogP contribution in [0.5, 0.6) is 28.7 Å². The normalized spacial score (nSPS) is 10.7. The number of halogens is 2. The summed E-state index contributed by atoms with van der Waals surface area (Å²) < 4.78 is 17.0. The Kier molecular flexibility index (Phi) is 6.21. The SMILES string of the molecule is COc1ccccc1Oc1cn[nH]c1-c1ccc(OCc2ccc(Cl)c(Cl)c2)cc1O. The van der Waals surface area contributed by atoms with Crippen molar-refractivity contribution in [3.63, 3.8) is 0 Å². The number of nitrogens with one attached hydrogen (secondary N) is 1. The molecule has 4 aromatic rings. The lowest BCUT2D eigenvalue weighted by molar-refractivity contribution is 0.304. The summed E-state index contributed by atoms with van der Waals surface area (Å²) in [5, 5.41) is 18.4. The molecule has 0 aliphatic carbocycles. The minimum absolute atomic E-state index is 0.0146. The van der Waals surface area contributed by atoms with Gasteiger partial charge in [-0.3, -0.25) is 5.10 Å². The Labute approximate surface area is 188 Å². The van der Waals surface area contributed by atoms with Crippen LogP contribution < -0.4 is 14.2 Å². The molecule has 2 N–H and O–H groups in total. The molecule has 31 heavy (non-hydrogen) atoms. The largest absolute Gasteiger partial charge is 0.507 e. The highest BCUT2D eigenvalue weighted by Gasteiger charge is 2.16. The first-order valence-corrected chi connectivity index (χ1v) is 10.0. The molecule has 1 aromatic heterocycles. The van der Waals surface area contributed by atoms with Crippen LogP contribution in [0.15, 0.2) is 66.9 Å². The number of aromatic hydroxyl groups is 1. The summed E-state index contributed by atoms with van der Waals surface area (Å²) in [6.45, 7) is 0.280. The van der Waals surface area contributed by atoms with Gasteiger partial charge < -0.3 is 19.3 Å². The number of hydrogen-bond acceptors (Lipinski definition) is 5. The molecule has 0 unspecified atom stereocenters. The van der Waals surface area contributed by atoms with Crippen molar-refractivity contribution in [2.75, 3.05) is 7.11 Å². The van der Waals surface area contributed by atoms with Crippen molar-refractivity contribution in [2.45, 2.75) is 6.61 Å². The van der Waals surface area contributed by atoms with E-state index in [4.69, 9.17) is 37.4 Å². The fraction of sp³-hybridized carbons (Fsp3) is 0.0870. The number of para-hydroxylation sites is 2. The van der Waals surface area contributed by atoms with Gasteiger partial charge in [-0.15, -0.1) is 0 Å². The maximum atomic E-state index is 10.6. The molecule has 4 rings (SSSR count). The van der Waals surface area contributed by atoms with Crippen molar-refractivity contribution in [3.05, 3.63) is 82.5 Å². The van der Waals surface area contributed by atoms with Crippen LogP contribution in [0.2, 0.25) is 10.0 Å². The Hall–Kier alpha value is -3.35. The van der Waals surface area contributed by atoms with Crippen molar-refractivity contribution in [1.82, 2.24) is 10.2 Å². The van der Waals surface area contributed by atoms with Gasteiger partial charge in [-0.05, 0) is 42.0 Å². The van der Waals surface area contributed by atoms with Crippen LogP contribution in [0.4, 0.5) is 0 Å². The van der Waals surface area contributed by atoms with E-state index in [1.165, 1.54) is 12.3 Å². The van der Waals surface area contributed by atoms with Gasteiger partial charge in [0.1, 0.15) is 23.8 Å². The standard InChI is InChI=1S/C23H18Cl2N2O4/c1-29-20-4-2-3-5-21(20)31-22-12-26-27-23(22)16-8-7-15(11-19(16)28)30-13-14-6-9-17(24)18(25)10-14/h2-12,28H,13H2,1H3,(H,26,27). The first kappa shape index (κ1) is 20.9. The first-order chi connectivity index (χ1) is 15.0. The van der Waals surface area contributed by atoms with Crippen LogP contribution in [0, 0.1) is 0 Å². The van der Waals surface area contributed by atoms with E-state index in [9.17, 15) is 5.11 Å². The first-order valence-electron chi connectivity index (χ1n) is 9.29. The molecule has 0 fully saturated rings. The van der Waals surface area contributed by atoms with Gasteiger partial charge in [-0.25, -0.2) is 0 Å². The molecule has 0 spiro atoms. The zero-order valence-electron chi connectivity index (χ0n) is 16.4. The van der Waals surface area contributed by atoms with E-state index in [1.807, 2.05) is 18.2 Å². The summed E-state index contributed by atoms with van der Waals surface area (Å²) in [5.74, 6) is 2.09.